The van der Waals surface area contributed by atoms with E-state index in [2.05, 4.69) is 15.9 Å². The second-order valence-electron chi connectivity index (χ2n) is 8.14. The smallest absolute Gasteiger partial charge is 0.203 e. The van der Waals surface area contributed by atoms with Crippen molar-refractivity contribution in [2.75, 3.05) is 64.7 Å². The zero-order valence-electron chi connectivity index (χ0n) is 19.5. The first kappa shape index (κ1) is 22.7. The van der Waals surface area contributed by atoms with Crippen molar-refractivity contribution in [3.63, 3.8) is 0 Å². The summed E-state index contributed by atoms with van der Waals surface area (Å²) in [7, 11) is 4.77. The van der Waals surface area contributed by atoms with E-state index in [4.69, 9.17) is 19.9 Å². The van der Waals surface area contributed by atoms with Crippen LogP contribution in [0.1, 0.15) is 16.8 Å². The van der Waals surface area contributed by atoms with Crippen molar-refractivity contribution in [1.82, 2.24) is 4.90 Å². The Morgan fingerprint density at radius 1 is 0.909 bits per heavy atom. The van der Waals surface area contributed by atoms with Crippen molar-refractivity contribution in [3.05, 3.63) is 54.1 Å². The number of carbonyl (C=O) groups excluding carboxylic acids is 1. The van der Waals surface area contributed by atoms with Crippen LogP contribution >= 0.6 is 0 Å². The molecule has 1 saturated heterocycles. The number of ketones is 1. The number of fused-ring (bicyclic) bond motifs is 1. The number of ether oxygens (including phenoxy) is 3. The van der Waals surface area contributed by atoms with Crippen molar-refractivity contribution in [3.8, 4) is 17.2 Å². The normalized spacial score (nSPS) is 14.3. The molecule has 1 fully saturated rings. The lowest BCUT2D eigenvalue weighted by Crippen LogP contribution is -2.47. The number of hydrogen-bond acceptors (Lipinski definition) is 7. The van der Waals surface area contributed by atoms with Gasteiger partial charge >= 0.3 is 0 Å². The molecule has 7 nitrogen and oxygen atoms in total. The number of rotatable bonds is 8. The summed E-state index contributed by atoms with van der Waals surface area (Å²) in [4.78, 5) is 17.6. The largest absolute Gasteiger partial charge is 0.493 e. The molecule has 0 aliphatic carbocycles. The Morgan fingerprint density at radius 2 is 1.64 bits per heavy atom. The number of nitrogens with zero attached hydrogens (tertiary/aromatic N) is 2. The highest BCUT2D eigenvalue weighted by Gasteiger charge is 2.20. The van der Waals surface area contributed by atoms with Gasteiger partial charge in [-0.05, 0) is 35.7 Å². The molecule has 1 aliphatic rings. The molecule has 174 valence electrons. The van der Waals surface area contributed by atoms with Crippen LogP contribution in [-0.4, -0.2) is 64.7 Å². The number of piperazine rings is 1. The third kappa shape index (κ3) is 4.68. The quantitative estimate of drug-likeness (QED) is 0.414. The minimum atomic E-state index is 0.125. The number of para-hydroxylation sites is 2. The number of nitrogens with two attached hydrogens (primary N) is 1. The van der Waals surface area contributed by atoms with E-state index in [0.29, 0.717) is 29.2 Å². The molecule has 3 aromatic carbocycles. The van der Waals surface area contributed by atoms with Crippen molar-refractivity contribution in [2.24, 2.45) is 0 Å². The Kier molecular flexibility index (Phi) is 6.89. The Balaban J connectivity index is 1.41. The molecule has 0 atom stereocenters. The fourth-order valence-corrected chi connectivity index (χ4v) is 4.44. The monoisotopic (exact) mass is 449 g/mol. The average Bonchev–Trinajstić information content (AvgIpc) is 2.86. The molecule has 7 heteroatoms. The summed E-state index contributed by atoms with van der Waals surface area (Å²) in [5.74, 6) is 1.84. The van der Waals surface area contributed by atoms with Crippen molar-refractivity contribution >= 4 is 27.9 Å². The van der Waals surface area contributed by atoms with Crippen LogP contribution in [0.3, 0.4) is 0 Å². The highest BCUT2D eigenvalue weighted by Crippen LogP contribution is 2.43. The molecule has 2 N–H and O–H groups in total. The lowest BCUT2D eigenvalue weighted by Gasteiger charge is -2.36. The fraction of sp³-hybridized carbons (Fsp3) is 0.346. The maximum atomic E-state index is 13.0. The van der Waals surface area contributed by atoms with Crippen molar-refractivity contribution in [2.45, 2.75) is 6.42 Å². The summed E-state index contributed by atoms with van der Waals surface area (Å²) in [5.41, 5.74) is 8.70. The molecule has 0 amide bonds. The molecule has 33 heavy (non-hydrogen) atoms. The summed E-state index contributed by atoms with van der Waals surface area (Å²) in [6, 6.07) is 15.5. The van der Waals surface area contributed by atoms with Gasteiger partial charge in [-0.1, -0.05) is 18.2 Å². The number of methoxy groups -OCH3 is 3. The number of hydrogen-bond donors (Lipinski definition) is 1. The summed E-state index contributed by atoms with van der Waals surface area (Å²) >= 11 is 0. The van der Waals surface area contributed by atoms with Gasteiger partial charge in [0.25, 0.3) is 0 Å². The van der Waals surface area contributed by atoms with Crippen molar-refractivity contribution < 1.29 is 19.0 Å². The standard InChI is InChI=1S/C26H31N3O4/c1-31-24-17-19-16-18(8-9-20(19)25(32-2)26(24)33-3)23(30)10-11-28-12-14-29(15-13-28)22-7-5-4-6-21(22)27/h4-9,16-17H,10-15,27H2,1-3H3. The molecule has 4 rings (SSSR count). The Morgan fingerprint density at radius 3 is 2.30 bits per heavy atom. The minimum absolute atomic E-state index is 0.125. The van der Waals surface area contributed by atoms with Gasteiger partial charge in [0, 0.05) is 50.1 Å². The summed E-state index contributed by atoms with van der Waals surface area (Å²) in [5, 5.41) is 1.76. The maximum Gasteiger partial charge on any atom is 0.203 e. The molecule has 1 aliphatic heterocycles. The number of nitrogen functional groups attached to an aromatic ring is 1. The summed E-state index contributed by atoms with van der Waals surface area (Å²) in [6.45, 7) is 4.37. The summed E-state index contributed by atoms with van der Waals surface area (Å²) < 4.78 is 16.5. The Labute approximate surface area is 194 Å². The molecule has 0 aromatic heterocycles. The van der Waals surface area contributed by atoms with Gasteiger partial charge in [0.1, 0.15) is 0 Å². The van der Waals surface area contributed by atoms with Crippen LogP contribution in [0.5, 0.6) is 17.2 Å². The lowest BCUT2D eigenvalue weighted by molar-refractivity contribution is 0.0962. The van der Waals surface area contributed by atoms with E-state index < -0.39 is 0 Å². The van der Waals surface area contributed by atoms with Crippen LogP contribution in [0.15, 0.2) is 48.5 Å². The topological polar surface area (TPSA) is 77.3 Å². The molecule has 0 spiro atoms. The molecular formula is C26H31N3O4. The van der Waals surface area contributed by atoms with Gasteiger partial charge in [-0.3, -0.25) is 9.69 Å². The van der Waals surface area contributed by atoms with Crippen LogP contribution in [0.4, 0.5) is 11.4 Å². The van der Waals surface area contributed by atoms with E-state index in [-0.39, 0.29) is 5.78 Å². The van der Waals surface area contributed by atoms with E-state index in [1.807, 2.05) is 42.5 Å². The van der Waals surface area contributed by atoms with Crippen LogP contribution in [0.2, 0.25) is 0 Å². The lowest BCUT2D eigenvalue weighted by atomic mass is 10.0. The van der Waals surface area contributed by atoms with Gasteiger partial charge in [0.2, 0.25) is 5.75 Å². The van der Waals surface area contributed by atoms with E-state index >= 15 is 0 Å². The second-order valence-corrected chi connectivity index (χ2v) is 8.14. The molecule has 1 heterocycles. The molecule has 0 unspecified atom stereocenters. The molecule has 0 saturated carbocycles. The highest BCUT2D eigenvalue weighted by atomic mass is 16.5. The maximum absolute atomic E-state index is 13.0. The van der Waals surface area contributed by atoms with Gasteiger partial charge in [-0.25, -0.2) is 0 Å². The first-order valence-electron chi connectivity index (χ1n) is 11.1. The average molecular weight is 450 g/mol. The van der Waals surface area contributed by atoms with Crippen LogP contribution < -0.4 is 24.8 Å². The predicted octanol–water partition coefficient (Wildman–Crippen LogP) is 3.84. The van der Waals surface area contributed by atoms with Gasteiger partial charge in [-0.15, -0.1) is 0 Å². The Hall–Kier alpha value is -3.45. The number of benzene rings is 3. The third-order valence-electron chi connectivity index (χ3n) is 6.27. The first-order valence-corrected chi connectivity index (χ1v) is 11.1. The SMILES string of the molecule is COc1cc2cc(C(=O)CCN3CCN(c4ccccc4N)CC3)ccc2c(OC)c1OC. The predicted molar refractivity (Wildman–Crippen MR) is 132 cm³/mol. The third-order valence-corrected chi connectivity index (χ3v) is 6.27. The highest BCUT2D eigenvalue weighted by molar-refractivity contribution is 6.02. The van der Waals surface area contributed by atoms with Gasteiger partial charge in [0.15, 0.2) is 17.3 Å². The van der Waals surface area contributed by atoms with Gasteiger partial charge in [-0.2, -0.15) is 0 Å². The molecule has 0 bridgehead atoms. The number of anilines is 2. The second kappa shape index (κ2) is 10.0. The zero-order valence-corrected chi connectivity index (χ0v) is 19.5. The first-order chi connectivity index (χ1) is 16.0. The fourth-order valence-electron chi connectivity index (χ4n) is 4.44. The molecular weight excluding hydrogens is 418 g/mol. The number of carbonyl (C=O) groups is 1. The molecule has 0 radical (unpaired) electrons. The molecule has 3 aromatic rings. The van der Waals surface area contributed by atoms with Crippen LogP contribution in [-0.2, 0) is 0 Å². The minimum Gasteiger partial charge on any atom is -0.493 e. The van der Waals surface area contributed by atoms with Crippen LogP contribution in [0.25, 0.3) is 10.8 Å². The van der Waals surface area contributed by atoms with E-state index in [1.54, 1.807) is 21.3 Å². The van der Waals surface area contributed by atoms with E-state index in [9.17, 15) is 4.79 Å². The Bertz CT molecular complexity index is 1140. The number of Topliss-reactive ketones (excluding diaryl/α,β-unsaturated/α-hetero) is 1. The van der Waals surface area contributed by atoms with Crippen LogP contribution in [0, 0.1) is 0 Å². The van der Waals surface area contributed by atoms with Crippen molar-refractivity contribution in [1.29, 1.82) is 0 Å². The van der Waals surface area contributed by atoms with Gasteiger partial charge in [0.05, 0.1) is 32.7 Å². The summed E-state index contributed by atoms with van der Waals surface area (Å²) in [6.07, 6.45) is 0.476. The van der Waals surface area contributed by atoms with E-state index in [1.165, 1.54) is 0 Å². The van der Waals surface area contributed by atoms with Gasteiger partial charge < -0.3 is 24.8 Å². The van der Waals surface area contributed by atoms with E-state index in [0.717, 1.165) is 54.9 Å². The zero-order chi connectivity index (χ0) is 23.4.